The molecule has 1 amide bonds. The molecular weight excluding hydrogens is 244 g/mol. The zero-order valence-electron chi connectivity index (χ0n) is 13.1. The van der Waals surface area contributed by atoms with Crippen molar-refractivity contribution in [2.45, 2.75) is 46.1 Å². The van der Waals surface area contributed by atoms with Gasteiger partial charge in [-0.25, -0.2) is 4.79 Å². The second-order valence-electron chi connectivity index (χ2n) is 5.72. The molecule has 0 aliphatic rings. The fraction of sp³-hybridized carbons (Fsp3) is 0.857. The van der Waals surface area contributed by atoms with Crippen molar-refractivity contribution >= 4 is 11.9 Å². The number of esters is 1. The Morgan fingerprint density at radius 3 is 2.37 bits per heavy atom. The number of carbonyl (C=O) groups is 2. The molecule has 1 atom stereocenters. The van der Waals surface area contributed by atoms with E-state index in [2.05, 4.69) is 5.32 Å². The van der Waals surface area contributed by atoms with Crippen molar-refractivity contribution in [1.82, 2.24) is 10.2 Å². The number of rotatable bonds is 8. The lowest BCUT2D eigenvalue weighted by atomic mass is 10.0. The van der Waals surface area contributed by atoms with Crippen LogP contribution in [-0.2, 0) is 14.3 Å². The first-order valence-corrected chi connectivity index (χ1v) is 6.84. The first-order valence-electron chi connectivity index (χ1n) is 6.84. The molecule has 0 aliphatic heterocycles. The van der Waals surface area contributed by atoms with Crippen LogP contribution in [0.25, 0.3) is 0 Å². The highest BCUT2D eigenvalue weighted by molar-refractivity contribution is 5.88. The van der Waals surface area contributed by atoms with Crippen LogP contribution in [0.4, 0.5) is 0 Å². The molecule has 0 bridgehead atoms. The van der Waals surface area contributed by atoms with Gasteiger partial charge in [-0.05, 0) is 40.8 Å². The number of carbonyl (C=O) groups excluding carboxylic acids is 2. The van der Waals surface area contributed by atoms with Gasteiger partial charge in [-0.1, -0.05) is 13.8 Å². The van der Waals surface area contributed by atoms with E-state index in [0.29, 0.717) is 6.61 Å². The smallest absolute Gasteiger partial charge is 0.331 e. The van der Waals surface area contributed by atoms with Gasteiger partial charge in [-0.2, -0.15) is 0 Å². The van der Waals surface area contributed by atoms with E-state index in [1.165, 1.54) is 0 Å². The van der Waals surface area contributed by atoms with Crippen LogP contribution in [0.1, 0.15) is 40.5 Å². The Labute approximate surface area is 116 Å². The van der Waals surface area contributed by atoms with Crippen LogP contribution in [0.2, 0.25) is 0 Å². The summed E-state index contributed by atoms with van der Waals surface area (Å²) < 4.78 is 5.19. The maximum absolute atomic E-state index is 11.9. The van der Waals surface area contributed by atoms with Crippen molar-refractivity contribution in [2.24, 2.45) is 5.92 Å². The zero-order valence-corrected chi connectivity index (χ0v) is 13.1. The van der Waals surface area contributed by atoms with Gasteiger partial charge >= 0.3 is 5.97 Å². The first kappa shape index (κ1) is 17.9. The van der Waals surface area contributed by atoms with E-state index in [0.717, 1.165) is 19.4 Å². The molecule has 19 heavy (non-hydrogen) atoms. The molecule has 5 nitrogen and oxygen atoms in total. The van der Waals surface area contributed by atoms with Crippen LogP contribution in [0.15, 0.2) is 0 Å². The van der Waals surface area contributed by atoms with Crippen molar-refractivity contribution in [1.29, 1.82) is 0 Å². The minimum Gasteiger partial charge on any atom is -0.464 e. The molecule has 0 radical (unpaired) electrons. The van der Waals surface area contributed by atoms with Crippen LogP contribution in [0.5, 0.6) is 0 Å². The first-order chi connectivity index (χ1) is 8.70. The Morgan fingerprint density at radius 2 is 1.89 bits per heavy atom. The molecule has 5 heteroatoms. The fourth-order valence-corrected chi connectivity index (χ4v) is 1.39. The monoisotopic (exact) mass is 272 g/mol. The van der Waals surface area contributed by atoms with Crippen LogP contribution in [0, 0.1) is 5.92 Å². The molecule has 0 saturated heterocycles. The zero-order chi connectivity index (χ0) is 15.1. The van der Waals surface area contributed by atoms with Gasteiger partial charge < -0.3 is 15.0 Å². The topological polar surface area (TPSA) is 58.6 Å². The summed E-state index contributed by atoms with van der Waals surface area (Å²) in [6.45, 7) is 8.36. The molecule has 0 aliphatic carbocycles. The summed E-state index contributed by atoms with van der Waals surface area (Å²) in [6.07, 6.45) is 1.54. The van der Waals surface area contributed by atoms with Gasteiger partial charge in [0.2, 0.25) is 5.91 Å². The summed E-state index contributed by atoms with van der Waals surface area (Å²) in [5.41, 5.74) is -0.974. The number of amides is 1. The maximum atomic E-state index is 11.9. The molecule has 0 rings (SSSR count). The highest BCUT2D eigenvalue weighted by Crippen LogP contribution is 2.09. The van der Waals surface area contributed by atoms with Gasteiger partial charge in [0.1, 0.15) is 5.54 Å². The third-order valence-corrected chi connectivity index (χ3v) is 2.99. The number of hydrogen-bond acceptors (Lipinski definition) is 4. The van der Waals surface area contributed by atoms with Crippen molar-refractivity contribution in [2.75, 3.05) is 27.2 Å². The van der Waals surface area contributed by atoms with E-state index in [1.54, 1.807) is 13.8 Å². The third kappa shape index (κ3) is 7.15. The van der Waals surface area contributed by atoms with Crippen LogP contribution < -0.4 is 5.32 Å². The maximum Gasteiger partial charge on any atom is 0.331 e. The third-order valence-electron chi connectivity index (χ3n) is 2.99. The molecule has 0 fully saturated rings. The molecule has 0 saturated carbocycles. The van der Waals surface area contributed by atoms with Crippen LogP contribution in [0.3, 0.4) is 0 Å². The van der Waals surface area contributed by atoms with Crippen molar-refractivity contribution < 1.29 is 14.3 Å². The Morgan fingerprint density at radius 1 is 1.32 bits per heavy atom. The predicted octanol–water partition coefficient (Wildman–Crippen LogP) is 1.42. The van der Waals surface area contributed by atoms with E-state index in [-0.39, 0.29) is 17.8 Å². The van der Waals surface area contributed by atoms with E-state index in [4.69, 9.17) is 4.74 Å². The van der Waals surface area contributed by atoms with Crippen molar-refractivity contribution in [3.05, 3.63) is 0 Å². The van der Waals surface area contributed by atoms with E-state index >= 15 is 0 Å². The van der Waals surface area contributed by atoms with Crippen molar-refractivity contribution in [3.63, 3.8) is 0 Å². The van der Waals surface area contributed by atoms with Crippen LogP contribution >= 0.6 is 0 Å². The molecule has 0 aromatic carbocycles. The van der Waals surface area contributed by atoms with Crippen LogP contribution in [-0.4, -0.2) is 49.6 Å². The summed E-state index contributed by atoms with van der Waals surface area (Å²) in [5.74, 6) is -0.596. The Bertz CT molecular complexity index is 301. The van der Waals surface area contributed by atoms with Crippen molar-refractivity contribution in [3.8, 4) is 0 Å². The standard InChI is InChI=1S/C14H28N2O3/c1-7-11(2)12(17)15-14(3,4)13(18)19-10-8-9-16(5)6/h11H,7-10H2,1-6H3,(H,15,17). The highest BCUT2D eigenvalue weighted by atomic mass is 16.5. The summed E-state index contributed by atoms with van der Waals surface area (Å²) in [6, 6.07) is 0. The second kappa shape index (κ2) is 8.15. The SMILES string of the molecule is CCC(C)C(=O)NC(C)(C)C(=O)OCCCN(C)C. The van der Waals surface area contributed by atoms with E-state index in [9.17, 15) is 9.59 Å². The average Bonchev–Trinajstić information content (AvgIpc) is 2.32. The molecule has 112 valence electrons. The Balaban J connectivity index is 4.17. The molecule has 1 N–H and O–H groups in total. The van der Waals surface area contributed by atoms with Gasteiger partial charge in [0.15, 0.2) is 0 Å². The van der Waals surface area contributed by atoms with Gasteiger partial charge in [-0.15, -0.1) is 0 Å². The highest BCUT2D eigenvalue weighted by Gasteiger charge is 2.32. The van der Waals surface area contributed by atoms with E-state index < -0.39 is 5.54 Å². The lowest BCUT2D eigenvalue weighted by Gasteiger charge is -2.25. The lowest BCUT2D eigenvalue weighted by molar-refractivity contribution is -0.152. The minimum absolute atomic E-state index is 0.0965. The van der Waals surface area contributed by atoms with E-state index in [1.807, 2.05) is 32.8 Å². The van der Waals surface area contributed by atoms with Gasteiger partial charge in [-0.3, -0.25) is 4.79 Å². The normalized spacial score (nSPS) is 13.2. The quantitative estimate of drug-likeness (QED) is 0.536. The predicted molar refractivity (Wildman–Crippen MR) is 75.8 cm³/mol. The lowest BCUT2D eigenvalue weighted by Crippen LogP contribution is -2.52. The summed E-state index contributed by atoms with van der Waals surface area (Å²) in [4.78, 5) is 25.7. The fourth-order valence-electron chi connectivity index (χ4n) is 1.39. The second-order valence-corrected chi connectivity index (χ2v) is 5.72. The minimum atomic E-state index is -0.974. The summed E-state index contributed by atoms with van der Waals surface area (Å²) in [5, 5.41) is 2.73. The van der Waals surface area contributed by atoms with Gasteiger partial charge in [0.25, 0.3) is 0 Å². The summed E-state index contributed by atoms with van der Waals surface area (Å²) >= 11 is 0. The molecule has 0 heterocycles. The number of ether oxygens (including phenoxy) is 1. The van der Waals surface area contributed by atoms with Gasteiger partial charge in [0, 0.05) is 12.5 Å². The van der Waals surface area contributed by atoms with Gasteiger partial charge in [0.05, 0.1) is 6.61 Å². The Kier molecular flexibility index (Phi) is 7.68. The molecule has 1 unspecified atom stereocenters. The number of hydrogen-bond donors (Lipinski definition) is 1. The molecule has 0 aromatic heterocycles. The largest absolute Gasteiger partial charge is 0.464 e. The summed E-state index contributed by atoms with van der Waals surface area (Å²) in [7, 11) is 3.94. The molecule has 0 spiro atoms. The average molecular weight is 272 g/mol. The molecule has 0 aromatic rings. The number of nitrogens with one attached hydrogen (secondary N) is 1. The molecular formula is C14H28N2O3. The Hall–Kier alpha value is -1.10. The number of nitrogens with zero attached hydrogens (tertiary/aromatic N) is 1.